The molecule has 5 nitrogen and oxygen atoms in total. The molecule has 2 heterocycles. The van der Waals surface area contributed by atoms with Crippen LogP contribution in [0.3, 0.4) is 0 Å². The number of carbonyl (C=O) groups is 1. The van der Waals surface area contributed by atoms with Crippen molar-refractivity contribution >= 4 is 16.8 Å². The quantitative estimate of drug-likeness (QED) is 0.856. The van der Waals surface area contributed by atoms with E-state index in [4.69, 9.17) is 4.74 Å². The number of nitrogens with one attached hydrogen (secondary N) is 1. The van der Waals surface area contributed by atoms with Crippen LogP contribution in [0.15, 0.2) is 12.1 Å². The molecule has 0 bridgehead atoms. The number of carbonyl (C=O) groups excluding carboxylic acids is 1. The van der Waals surface area contributed by atoms with Crippen LogP contribution in [-0.4, -0.2) is 45.3 Å². The first-order valence-corrected chi connectivity index (χ1v) is 9.45. The zero-order valence-electron chi connectivity index (χ0n) is 14.1. The van der Waals surface area contributed by atoms with Crippen LogP contribution in [0.25, 0.3) is 0 Å². The van der Waals surface area contributed by atoms with Gasteiger partial charge in [0.15, 0.2) is 0 Å². The van der Waals surface area contributed by atoms with Crippen molar-refractivity contribution in [3.8, 4) is 5.75 Å². The fraction of sp³-hybridized carbons (Fsp3) is 0.588. The van der Waals surface area contributed by atoms with Crippen molar-refractivity contribution in [3.05, 3.63) is 28.8 Å². The molecule has 1 fully saturated rings. The van der Waals surface area contributed by atoms with Crippen molar-refractivity contribution in [3.63, 3.8) is 0 Å². The first-order valence-electron chi connectivity index (χ1n) is 8.07. The van der Waals surface area contributed by atoms with Gasteiger partial charge < -0.3 is 15.0 Å². The van der Waals surface area contributed by atoms with Gasteiger partial charge in [0.2, 0.25) is 0 Å². The first-order chi connectivity index (χ1) is 10.9. The highest BCUT2D eigenvalue weighted by Gasteiger charge is 2.35. The van der Waals surface area contributed by atoms with E-state index in [9.17, 15) is 9.00 Å². The summed E-state index contributed by atoms with van der Waals surface area (Å²) in [7, 11) is -0.845. The third kappa shape index (κ3) is 2.84. The van der Waals surface area contributed by atoms with E-state index in [1.54, 1.807) is 4.90 Å². The second-order valence-corrected chi connectivity index (χ2v) is 8.38. The van der Waals surface area contributed by atoms with E-state index >= 15 is 0 Å². The number of aryl methyl sites for hydroxylation is 1. The molecule has 1 saturated heterocycles. The van der Waals surface area contributed by atoms with Crippen LogP contribution < -0.4 is 10.1 Å². The number of ether oxygens (including phenoxy) is 1. The van der Waals surface area contributed by atoms with E-state index in [1.165, 1.54) is 5.56 Å². The highest BCUT2D eigenvalue weighted by Crippen LogP contribution is 2.36. The summed E-state index contributed by atoms with van der Waals surface area (Å²) in [6, 6.07) is 3.86. The minimum atomic E-state index is -0.845. The second-order valence-electron chi connectivity index (χ2n) is 6.46. The Balaban J connectivity index is 1.73. The first kappa shape index (κ1) is 16.3. The van der Waals surface area contributed by atoms with Crippen molar-refractivity contribution in [2.75, 3.05) is 18.9 Å². The number of benzene rings is 1. The number of nitrogens with zero attached hydrogens (tertiary/aromatic N) is 1. The molecule has 6 heteroatoms. The molecule has 1 aromatic rings. The molecule has 2 aliphatic rings. The molecule has 0 aliphatic carbocycles. The number of rotatable bonds is 1. The number of hydrogen-bond acceptors (Lipinski definition) is 3. The van der Waals surface area contributed by atoms with Crippen molar-refractivity contribution in [2.45, 2.75) is 45.0 Å². The third-order valence-electron chi connectivity index (χ3n) is 5.15. The smallest absolute Gasteiger partial charge is 0.318 e. The van der Waals surface area contributed by atoms with E-state index in [-0.39, 0.29) is 23.4 Å². The molecule has 0 unspecified atom stereocenters. The topological polar surface area (TPSA) is 58.6 Å². The van der Waals surface area contributed by atoms with Crippen molar-refractivity contribution < 1.29 is 13.7 Å². The van der Waals surface area contributed by atoms with E-state index < -0.39 is 10.8 Å². The van der Waals surface area contributed by atoms with Gasteiger partial charge >= 0.3 is 6.03 Å². The van der Waals surface area contributed by atoms with Crippen molar-refractivity contribution in [2.24, 2.45) is 0 Å². The van der Waals surface area contributed by atoms with Crippen LogP contribution in [0, 0.1) is 13.8 Å². The van der Waals surface area contributed by atoms with Crippen LogP contribution in [-0.2, 0) is 10.8 Å². The van der Waals surface area contributed by atoms with Crippen LogP contribution in [0.1, 0.15) is 36.6 Å². The molecule has 0 radical (unpaired) electrons. The Morgan fingerprint density at radius 2 is 2.09 bits per heavy atom. The van der Waals surface area contributed by atoms with Crippen LogP contribution in [0.4, 0.5) is 4.79 Å². The Labute approximate surface area is 139 Å². The van der Waals surface area contributed by atoms with Gasteiger partial charge in [0.05, 0.1) is 11.3 Å². The van der Waals surface area contributed by atoms with E-state index in [0.29, 0.717) is 18.9 Å². The van der Waals surface area contributed by atoms with Gasteiger partial charge in [0.25, 0.3) is 0 Å². The Hall–Kier alpha value is -1.56. The molecule has 4 atom stereocenters. The minimum Gasteiger partial charge on any atom is -0.490 e. The SMILES string of the molecule is Cc1ccc2c(c1C)OC[C@@H]2NC(=O)N1CC[S@](=O)[C@@H](C)[C@H]1C. The van der Waals surface area contributed by atoms with Gasteiger partial charge in [-0.05, 0) is 38.8 Å². The zero-order chi connectivity index (χ0) is 16.7. The summed E-state index contributed by atoms with van der Waals surface area (Å²) in [5.74, 6) is 1.45. The monoisotopic (exact) mass is 336 g/mol. The highest BCUT2D eigenvalue weighted by atomic mass is 32.2. The maximum Gasteiger partial charge on any atom is 0.318 e. The molecule has 0 spiro atoms. The fourth-order valence-corrected chi connectivity index (χ4v) is 4.56. The van der Waals surface area contributed by atoms with Crippen LogP contribution in [0.2, 0.25) is 0 Å². The summed E-state index contributed by atoms with van der Waals surface area (Å²) in [6.07, 6.45) is 0. The van der Waals surface area contributed by atoms with Crippen molar-refractivity contribution in [1.29, 1.82) is 0 Å². The summed E-state index contributed by atoms with van der Waals surface area (Å²) >= 11 is 0. The summed E-state index contributed by atoms with van der Waals surface area (Å²) in [5, 5.41) is 3.09. The maximum absolute atomic E-state index is 12.6. The van der Waals surface area contributed by atoms with E-state index in [2.05, 4.69) is 18.3 Å². The second kappa shape index (κ2) is 6.15. The zero-order valence-corrected chi connectivity index (χ0v) is 14.9. The number of amides is 2. The highest BCUT2D eigenvalue weighted by molar-refractivity contribution is 7.85. The molecule has 2 amide bonds. The van der Waals surface area contributed by atoms with E-state index in [0.717, 1.165) is 16.9 Å². The summed E-state index contributed by atoms with van der Waals surface area (Å²) < 4.78 is 17.7. The Kier molecular flexibility index (Phi) is 4.36. The largest absolute Gasteiger partial charge is 0.490 e. The average molecular weight is 336 g/mol. The molecule has 23 heavy (non-hydrogen) atoms. The van der Waals surface area contributed by atoms with Gasteiger partial charge in [-0.2, -0.15) is 0 Å². The Morgan fingerprint density at radius 1 is 1.35 bits per heavy atom. The lowest BCUT2D eigenvalue weighted by atomic mass is 10.0. The molecule has 126 valence electrons. The fourth-order valence-electron chi connectivity index (χ4n) is 3.22. The van der Waals surface area contributed by atoms with Crippen molar-refractivity contribution in [1.82, 2.24) is 10.2 Å². The summed E-state index contributed by atoms with van der Waals surface area (Å²) in [4.78, 5) is 14.4. The standard InChI is InChI=1S/C17H24N2O3S/c1-10-5-6-14-15(9-22-16(14)11(10)2)18-17(20)19-7-8-23(21)13(4)12(19)3/h5-6,12-13,15H,7-9H2,1-4H3,(H,18,20)/t12-,13+,15+,23+/m1/s1. The van der Waals surface area contributed by atoms with E-state index in [1.807, 2.05) is 26.8 Å². The molecule has 1 N–H and O–H groups in total. The average Bonchev–Trinajstić information content (AvgIpc) is 2.92. The Morgan fingerprint density at radius 3 is 2.83 bits per heavy atom. The summed E-state index contributed by atoms with van der Waals surface area (Å²) in [5.41, 5.74) is 3.37. The summed E-state index contributed by atoms with van der Waals surface area (Å²) in [6.45, 7) is 9.02. The number of fused-ring (bicyclic) bond motifs is 1. The maximum atomic E-state index is 12.6. The molecule has 2 aliphatic heterocycles. The van der Waals surface area contributed by atoms with Gasteiger partial charge in [-0.3, -0.25) is 4.21 Å². The van der Waals surface area contributed by atoms with Gasteiger partial charge in [0.1, 0.15) is 12.4 Å². The molecule has 1 aromatic carbocycles. The third-order valence-corrected chi connectivity index (χ3v) is 6.96. The predicted octanol–water partition coefficient (Wildman–Crippen LogP) is 2.29. The van der Waals surface area contributed by atoms with Crippen LogP contribution in [0.5, 0.6) is 5.75 Å². The molecule has 0 aromatic heterocycles. The molecular weight excluding hydrogens is 312 g/mol. The number of hydrogen-bond donors (Lipinski definition) is 1. The normalized spacial score (nSPS) is 29.8. The lowest BCUT2D eigenvalue weighted by Gasteiger charge is -2.37. The van der Waals surface area contributed by atoms with Gasteiger partial charge in [0, 0.05) is 34.7 Å². The molecule has 0 saturated carbocycles. The lowest BCUT2D eigenvalue weighted by molar-refractivity contribution is 0.172. The minimum absolute atomic E-state index is 0.00603. The van der Waals surface area contributed by atoms with Gasteiger partial charge in [-0.25, -0.2) is 4.79 Å². The van der Waals surface area contributed by atoms with Gasteiger partial charge in [-0.15, -0.1) is 0 Å². The number of urea groups is 1. The molecule has 3 rings (SSSR count). The Bertz CT molecular complexity index is 661. The van der Waals surface area contributed by atoms with Crippen LogP contribution >= 0.6 is 0 Å². The lowest BCUT2D eigenvalue weighted by Crippen LogP contribution is -2.55. The van der Waals surface area contributed by atoms with Gasteiger partial charge in [-0.1, -0.05) is 12.1 Å². The molecular formula is C17H24N2O3S. The predicted molar refractivity (Wildman–Crippen MR) is 91.3 cm³/mol.